The number of pyridine rings is 1. The Morgan fingerprint density at radius 3 is 2.83 bits per heavy atom. The number of aromatic nitrogens is 2. The second kappa shape index (κ2) is 9.60. The molecule has 1 aliphatic carbocycles. The van der Waals surface area contributed by atoms with E-state index in [0.29, 0.717) is 12.6 Å². The summed E-state index contributed by atoms with van der Waals surface area (Å²) in [5.41, 5.74) is 1.92. The quantitative estimate of drug-likeness (QED) is 0.373. The van der Waals surface area contributed by atoms with Crippen molar-refractivity contribution in [2.75, 3.05) is 6.54 Å². The second-order valence-electron chi connectivity index (χ2n) is 6.02. The fourth-order valence-corrected chi connectivity index (χ4v) is 3.37. The molecule has 1 saturated carbocycles. The molecule has 0 radical (unpaired) electrons. The minimum absolute atomic E-state index is 0. The van der Waals surface area contributed by atoms with E-state index in [9.17, 15) is 0 Å². The fourth-order valence-electron chi connectivity index (χ4n) is 3.01. The van der Waals surface area contributed by atoms with Crippen LogP contribution in [0.5, 0.6) is 0 Å². The Bertz CT molecular complexity index is 679. The third-order valence-corrected chi connectivity index (χ3v) is 4.62. The molecular formula is C17H25BrIN5. The summed E-state index contributed by atoms with van der Waals surface area (Å²) in [6.07, 6.45) is 10.5. The van der Waals surface area contributed by atoms with Gasteiger partial charge in [0.1, 0.15) is 5.65 Å². The van der Waals surface area contributed by atoms with Crippen LogP contribution in [0, 0.1) is 0 Å². The third kappa shape index (κ3) is 5.34. The highest BCUT2D eigenvalue weighted by Crippen LogP contribution is 2.17. The lowest BCUT2D eigenvalue weighted by Gasteiger charge is -2.24. The maximum Gasteiger partial charge on any atom is 0.191 e. The zero-order valence-corrected chi connectivity index (χ0v) is 17.9. The molecule has 2 heterocycles. The number of fused-ring (bicyclic) bond motifs is 1. The van der Waals surface area contributed by atoms with E-state index < -0.39 is 0 Å². The van der Waals surface area contributed by atoms with Crippen LogP contribution in [0.1, 0.15) is 44.7 Å². The smallest absolute Gasteiger partial charge is 0.191 e. The van der Waals surface area contributed by atoms with Gasteiger partial charge in [0.05, 0.1) is 12.2 Å². The molecule has 132 valence electrons. The van der Waals surface area contributed by atoms with Crippen LogP contribution in [-0.2, 0) is 6.54 Å². The molecular weight excluding hydrogens is 481 g/mol. The number of imidazole rings is 1. The second-order valence-corrected chi connectivity index (χ2v) is 6.94. The number of guanidine groups is 1. The summed E-state index contributed by atoms with van der Waals surface area (Å²) >= 11 is 3.48. The van der Waals surface area contributed by atoms with E-state index in [0.717, 1.165) is 28.3 Å². The number of nitrogens with zero attached hydrogens (tertiary/aromatic N) is 3. The molecule has 0 atom stereocenters. The summed E-state index contributed by atoms with van der Waals surface area (Å²) in [5.74, 6) is 0.901. The maximum atomic E-state index is 4.70. The number of hydrogen-bond donors (Lipinski definition) is 2. The lowest BCUT2D eigenvalue weighted by Crippen LogP contribution is -2.44. The van der Waals surface area contributed by atoms with Crippen LogP contribution in [0.4, 0.5) is 0 Å². The van der Waals surface area contributed by atoms with Crippen LogP contribution in [0.25, 0.3) is 5.65 Å². The zero-order valence-electron chi connectivity index (χ0n) is 14.0. The summed E-state index contributed by atoms with van der Waals surface area (Å²) in [5, 5.41) is 6.91. The predicted octanol–water partition coefficient (Wildman–Crippen LogP) is 4.10. The van der Waals surface area contributed by atoms with E-state index in [4.69, 9.17) is 4.99 Å². The Balaban J connectivity index is 0.00000208. The Labute approximate surface area is 168 Å². The third-order valence-electron chi connectivity index (χ3n) is 4.15. The highest BCUT2D eigenvalue weighted by Gasteiger charge is 2.14. The van der Waals surface area contributed by atoms with E-state index >= 15 is 0 Å². The fraction of sp³-hybridized carbons (Fsp3) is 0.529. The topological polar surface area (TPSA) is 53.7 Å². The largest absolute Gasteiger partial charge is 0.357 e. The summed E-state index contributed by atoms with van der Waals surface area (Å²) in [6.45, 7) is 3.55. The van der Waals surface area contributed by atoms with Gasteiger partial charge < -0.3 is 15.0 Å². The van der Waals surface area contributed by atoms with E-state index in [1.54, 1.807) is 0 Å². The van der Waals surface area contributed by atoms with Crippen molar-refractivity contribution < 1.29 is 0 Å². The Morgan fingerprint density at radius 2 is 2.08 bits per heavy atom. The average Bonchev–Trinajstić information content (AvgIpc) is 2.96. The molecule has 0 saturated heterocycles. The number of nitrogens with one attached hydrogen (secondary N) is 2. The standard InChI is InChI=1S/C17H24BrN5.HI/c1-2-19-17(22-14-6-4-3-5-7-14)20-10-15-12-23-11-13(18)8-9-16(23)21-15;/h8-9,11-12,14H,2-7,10H2,1H3,(H2,19,20,22);1H. The van der Waals surface area contributed by atoms with Crippen LogP contribution in [0.3, 0.4) is 0 Å². The molecule has 7 heteroatoms. The number of aliphatic imine (C=N–C) groups is 1. The van der Waals surface area contributed by atoms with Crippen LogP contribution >= 0.6 is 39.9 Å². The first-order valence-electron chi connectivity index (χ1n) is 8.42. The number of halogens is 2. The van der Waals surface area contributed by atoms with E-state index in [2.05, 4.69) is 38.5 Å². The summed E-state index contributed by atoms with van der Waals surface area (Å²) in [7, 11) is 0. The Morgan fingerprint density at radius 1 is 1.29 bits per heavy atom. The lowest BCUT2D eigenvalue weighted by molar-refractivity contribution is 0.410. The molecule has 3 rings (SSSR count). The first-order valence-corrected chi connectivity index (χ1v) is 9.22. The normalized spacial score (nSPS) is 16.0. The van der Waals surface area contributed by atoms with Crippen LogP contribution in [-0.4, -0.2) is 27.9 Å². The van der Waals surface area contributed by atoms with Crippen molar-refractivity contribution in [2.45, 2.75) is 51.6 Å². The van der Waals surface area contributed by atoms with Crippen molar-refractivity contribution in [2.24, 2.45) is 4.99 Å². The first-order chi connectivity index (χ1) is 11.2. The van der Waals surface area contributed by atoms with Gasteiger partial charge in [0, 0.05) is 29.5 Å². The van der Waals surface area contributed by atoms with Crippen molar-refractivity contribution >= 4 is 51.5 Å². The van der Waals surface area contributed by atoms with Crippen LogP contribution in [0.2, 0.25) is 0 Å². The summed E-state index contributed by atoms with van der Waals surface area (Å²) in [6, 6.07) is 4.56. The van der Waals surface area contributed by atoms with Gasteiger partial charge >= 0.3 is 0 Å². The molecule has 0 bridgehead atoms. The highest BCUT2D eigenvalue weighted by molar-refractivity contribution is 14.0. The molecule has 5 nitrogen and oxygen atoms in total. The van der Waals surface area contributed by atoms with E-state index in [-0.39, 0.29) is 24.0 Å². The van der Waals surface area contributed by atoms with Crippen molar-refractivity contribution in [1.29, 1.82) is 0 Å². The molecule has 2 aromatic heterocycles. The molecule has 2 aromatic rings. The molecule has 0 unspecified atom stereocenters. The maximum absolute atomic E-state index is 4.70. The van der Waals surface area contributed by atoms with Gasteiger partial charge in [-0.2, -0.15) is 0 Å². The van der Waals surface area contributed by atoms with E-state index in [1.807, 2.05) is 28.9 Å². The Kier molecular flexibility index (Phi) is 7.80. The molecule has 2 N–H and O–H groups in total. The molecule has 1 aliphatic rings. The van der Waals surface area contributed by atoms with Crippen molar-refractivity contribution in [1.82, 2.24) is 20.0 Å². The molecule has 0 aromatic carbocycles. The minimum Gasteiger partial charge on any atom is -0.357 e. The van der Waals surface area contributed by atoms with Crippen LogP contribution in [0.15, 0.2) is 34.0 Å². The Hall–Kier alpha value is -0.830. The van der Waals surface area contributed by atoms with Gasteiger partial charge in [-0.05, 0) is 47.8 Å². The van der Waals surface area contributed by atoms with Crippen LogP contribution < -0.4 is 10.6 Å². The van der Waals surface area contributed by atoms with Gasteiger partial charge in [0.2, 0.25) is 0 Å². The molecule has 0 spiro atoms. The van der Waals surface area contributed by atoms with Gasteiger partial charge in [-0.15, -0.1) is 24.0 Å². The van der Waals surface area contributed by atoms with Gasteiger partial charge in [-0.3, -0.25) is 0 Å². The average molecular weight is 506 g/mol. The van der Waals surface area contributed by atoms with Gasteiger partial charge in [0.15, 0.2) is 5.96 Å². The number of rotatable bonds is 4. The zero-order chi connectivity index (χ0) is 16.1. The molecule has 0 amide bonds. The van der Waals surface area contributed by atoms with Gasteiger partial charge in [0.25, 0.3) is 0 Å². The van der Waals surface area contributed by atoms with Crippen molar-refractivity contribution in [3.63, 3.8) is 0 Å². The minimum atomic E-state index is 0. The summed E-state index contributed by atoms with van der Waals surface area (Å²) in [4.78, 5) is 9.31. The van der Waals surface area contributed by atoms with Crippen molar-refractivity contribution in [3.05, 3.63) is 34.7 Å². The predicted molar refractivity (Wildman–Crippen MR) is 113 cm³/mol. The first kappa shape index (κ1) is 19.5. The van der Waals surface area contributed by atoms with Crippen molar-refractivity contribution in [3.8, 4) is 0 Å². The SMILES string of the molecule is CCNC(=NCc1cn2cc(Br)ccc2n1)NC1CCCCC1.I. The monoisotopic (exact) mass is 505 g/mol. The van der Waals surface area contributed by atoms with Gasteiger partial charge in [-0.1, -0.05) is 19.3 Å². The number of hydrogen-bond acceptors (Lipinski definition) is 2. The molecule has 1 fully saturated rings. The highest BCUT2D eigenvalue weighted by atomic mass is 127. The molecule has 24 heavy (non-hydrogen) atoms. The lowest BCUT2D eigenvalue weighted by atomic mass is 9.96. The van der Waals surface area contributed by atoms with Gasteiger partial charge in [-0.25, -0.2) is 9.98 Å². The summed E-state index contributed by atoms with van der Waals surface area (Å²) < 4.78 is 3.07. The van der Waals surface area contributed by atoms with E-state index in [1.165, 1.54) is 32.1 Å². The molecule has 0 aliphatic heterocycles.